The quantitative estimate of drug-likeness (QED) is 0.174. The molecule has 0 aliphatic carbocycles. The van der Waals surface area contributed by atoms with Crippen LogP contribution < -0.4 is 21.7 Å². The SMILES string of the molecule is CCC(C)C(N)C(=O)NC(CCC(=O)O)C(=O)NC(CS)C(=O)NC(C)C(=O)O. The third-order valence-electron chi connectivity index (χ3n) is 4.38. The number of carbonyl (C=O) groups is 5. The topological polar surface area (TPSA) is 188 Å². The van der Waals surface area contributed by atoms with E-state index in [9.17, 15) is 24.0 Å². The number of amides is 3. The lowest BCUT2D eigenvalue weighted by Crippen LogP contribution is -2.58. The number of aliphatic carboxylic acids is 2. The fraction of sp³-hybridized carbons (Fsp3) is 0.706. The molecule has 0 saturated carbocycles. The molecule has 5 unspecified atom stereocenters. The predicted molar refractivity (Wildman–Crippen MR) is 107 cm³/mol. The second-order valence-corrected chi connectivity index (χ2v) is 7.08. The van der Waals surface area contributed by atoms with E-state index in [4.69, 9.17) is 15.9 Å². The van der Waals surface area contributed by atoms with Gasteiger partial charge in [-0.05, 0) is 19.3 Å². The first-order valence-corrected chi connectivity index (χ1v) is 9.79. The normalized spacial score (nSPS) is 15.9. The number of hydrogen-bond donors (Lipinski definition) is 7. The van der Waals surface area contributed by atoms with Crippen molar-refractivity contribution >= 4 is 42.3 Å². The van der Waals surface area contributed by atoms with Crippen molar-refractivity contribution in [3.8, 4) is 0 Å². The Labute approximate surface area is 174 Å². The van der Waals surface area contributed by atoms with Gasteiger partial charge in [0.15, 0.2) is 0 Å². The molecule has 166 valence electrons. The summed E-state index contributed by atoms with van der Waals surface area (Å²) in [7, 11) is 0. The van der Waals surface area contributed by atoms with E-state index in [-0.39, 0.29) is 18.1 Å². The Balaban J connectivity index is 5.21. The molecule has 0 heterocycles. The molecular formula is C17H30N4O7S. The average Bonchev–Trinajstić information content (AvgIpc) is 2.66. The van der Waals surface area contributed by atoms with E-state index in [1.165, 1.54) is 6.92 Å². The van der Waals surface area contributed by atoms with Crippen LogP contribution in [0.2, 0.25) is 0 Å². The van der Waals surface area contributed by atoms with Gasteiger partial charge in [-0.25, -0.2) is 0 Å². The zero-order valence-electron chi connectivity index (χ0n) is 16.7. The highest BCUT2D eigenvalue weighted by molar-refractivity contribution is 7.80. The van der Waals surface area contributed by atoms with E-state index >= 15 is 0 Å². The molecule has 7 N–H and O–H groups in total. The van der Waals surface area contributed by atoms with Gasteiger partial charge in [-0.2, -0.15) is 12.6 Å². The van der Waals surface area contributed by atoms with Gasteiger partial charge in [0.2, 0.25) is 17.7 Å². The highest BCUT2D eigenvalue weighted by Crippen LogP contribution is 2.07. The fourth-order valence-electron chi connectivity index (χ4n) is 2.16. The lowest BCUT2D eigenvalue weighted by Gasteiger charge is -2.25. The molecule has 29 heavy (non-hydrogen) atoms. The molecule has 12 heteroatoms. The van der Waals surface area contributed by atoms with E-state index < -0.39 is 60.2 Å². The Kier molecular flexibility index (Phi) is 11.9. The van der Waals surface area contributed by atoms with Crippen LogP contribution in [0.5, 0.6) is 0 Å². The Morgan fingerprint density at radius 2 is 1.45 bits per heavy atom. The van der Waals surface area contributed by atoms with Crippen molar-refractivity contribution in [2.24, 2.45) is 11.7 Å². The van der Waals surface area contributed by atoms with Crippen LogP contribution in [0.4, 0.5) is 0 Å². The third-order valence-corrected chi connectivity index (χ3v) is 4.75. The smallest absolute Gasteiger partial charge is 0.325 e. The van der Waals surface area contributed by atoms with E-state index in [2.05, 4.69) is 28.6 Å². The third kappa shape index (κ3) is 9.61. The zero-order chi connectivity index (χ0) is 22.7. The maximum atomic E-state index is 12.6. The molecule has 0 rings (SSSR count). The summed E-state index contributed by atoms with van der Waals surface area (Å²) in [5.74, 6) is -4.91. The zero-order valence-corrected chi connectivity index (χ0v) is 17.6. The summed E-state index contributed by atoms with van der Waals surface area (Å²) in [5, 5.41) is 24.7. The Hall–Kier alpha value is -2.34. The molecule has 0 fully saturated rings. The molecule has 0 aromatic rings. The van der Waals surface area contributed by atoms with E-state index in [1.807, 2.05) is 6.92 Å². The van der Waals surface area contributed by atoms with E-state index in [0.717, 1.165) is 0 Å². The average molecular weight is 435 g/mol. The molecule has 0 bridgehead atoms. The summed E-state index contributed by atoms with van der Waals surface area (Å²) >= 11 is 3.97. The largest absolute Gasteiger partial charge is 0.481 e. The van der Waals surface area contributed by atoms with Gasteiger partial charge < -0.3 is 31.9 Å². The maximum Gasteiger partial charge on any atom is 0.325 e. The van der Waals surface area contributed by atoms with Crippen molar-refractivity contribution < 1.29 is 34.2 Å². The van der Waals surface area contributed by atoms with Crippen LogP contribution in [0, 0.1) is 5.92 Å². The van der Waals surface area contributed by atoms with Crippen molar-refractivity contribution in [2.45, 2.75) is 64.2 Å². The molecule has 0 aliphatic heterocycles. The van der Waals surface area contributed by atoms with Crippen molar-refractivity contribution in [2.75, 3.05) is 5.75 Å². The summed E-state index contributed by atoms with van der Waals surface area (Å²) in [5.41, 5.74) is 5.84. The molecule has 0 radical (unpaired) electrons. The molecule has 0 saturated heterocycles. The van der Waals surface area contributed by atoms with Crippen LogP contribution in [-0.4, -0.2) is 69.8 Å². The summed E-state index contributed by atoms with van der Waals surface area (Å²) in [6.07, 6.45) is 0.0154. The van der Waals surface area contributed by atoms with Gasteiger partial charge in [0.25, 0.3) is 0 Å². The number of carboxylic acids is 2. The van der Waals surface area contributed by atoms with Crippen LogP contribution in [0.25, 0.3) is 0 Å². The van der Waals surface area contributed by atoms with Crippen LogP contribution >= 0.6 is 12.6 Å². The standard InChI is InChI=1S/C17H30N4O7S/c1-4-8(2)13(18)16(26)20-10(5-6-12(22)23)14(24)21-11(7-29)15(25)19-9(3)17(27)28/h8-11,13,29H,4-7,18H2,1-3H3,(H,19,25)(H,20,26)(H,21,24)(H,22,23)(H,27,28). The van der Waals surface area contributed by atoms with Crippen molar-refractivity contribution in [3.63, 3.8) is 0 Å². The first kappa shape index (κ1) is 26.7. The van der Waals surface area contributed by atoms with Gasteiger partial charge in [-0.3, -0.25) is 24.0 Å². The first-order chi connectivity index (χ1) is 13.4. The molecule has 3 amide bonds. The number of nitrogens with two attached hydrogens (primary N) is 1. The second-order valence-electron chi connectivity index (χ2n) is 6.72. The summed E-state index contributed by atoms with van der Waals surface area (Å²) in [6, 6.07) is -4.49. The Bertz CT molecular complexity index is 617. The van der Waals surface area contributed by atoms with Gasteiger partial charge in [0.1, 0.15) is 18.1 Å². The monoisotopic (exact) mass is 434 g/mol. The minimum atomic E-state index is -1.26. The number of nitrogens with one attached hydrogen (secondary N) is 3. The molecule has 5 atom stereocenters. The Morgan fingerprint density at radius 1 is 0.931 bits per heavy atom. The van der Waals surface area contributed by atoms with Gasteiger partial charge in [-0.1, -0.05) is 20.3 Å². The molecule has 0 aromatic heterocycles. The summed E-state index contributed by atoms with van der Waals surface area (Å²) in [6.45, 7) is 4.87. The van der Waals surface area contributed by atoms with Crippen molar-refractivity contribution in [1.29, 1.82) is 0 Å². The van der Waals surface area contributed by atoms with E-state index in [0.29, 0.717) is 6.42 Å². The van der Waals surface area contributed by atoms with Crippen LogP contribution in [0.3, 0.4) is 0 Å². The summed E-state index contributed by atoms with van der Waals surface area (Å²) in [4.78, 5) is 58.7. The minimum absolute atomic E-state index is 0.143. The Morgan fingerprint density at radius 3 is 1.90 bits per heavy atom. The number of thiol groups is 1. The van der Waals surface area contributed by atoms with Crippen LogP contribution in [0.1, 0.15) is 40.0 Å². The fourth-order valence-corrected chi connectivity index (χ4v) is 2.42. The summed E-state index contributed by atoms with van der Waals surface area (Å²) < 4.78 is 0. The second kappa shape index (κ2) is 13.0. The molecule has 0 aliphatic rings. The molecule has 11 nitrogen and oxygen atoms in total. The highest BCUT2D eigenvalue weighted by Gasteiger charge is 2.30. The minimum Gasteiger partial charge on any atom is -0.481 e. The number of rotatable bonds is 13. The highest BCUT2D eigenvalue weighted by atomic mass is 32.1. The molecule has 0 spiro atoms. The van der Waals surface area contributed by atoms with Gasteiger partial charge in [0.05, 0.1) is 6.04 Å². The lowest BCUT2D eigenvalue weighted by molar-refractivity contribution is -0.141. The molecule has 0 aromatic carbocycles. The lowest BCUT2D eigenvalue weighted by atomic mass is 9.98. The van der Waals surface area contributed by atoms with Crippen LogP contribution in [-0.2, 0) is 24.0 Å². The maximum absolute atomic E-state index is 12.6. The predicted octanol–water partition coefficient (Wildman–Crippen LogP) is -1.29. The first-order valence-electron chi connectivity index (χ1n) is 9.16. The number of hydrogen-bond acceptors (Lipinski definition) is 7. The van der Waals surface area contributed by atoms with Gasteiger partial charge in [-0.15, -0.1) is 0 Å². The van der Waals surface area contributed by atoms with Gasteiger partial charge in [0, 0.05) is 12.2 Å². The number of carbonyl (C=O) groups excluding carboxylic acids is 3. The van der Waals surface area contributed by atoms with Crippen molar-refractivity contribution in [3.05, 3.63) is 0 Å². The van der Waals surface area contributed by atoms with Crippen LogP contribution in [0.15, 0.2) is 0 Å². The van der Waals surface area contributed by atoms with E-state index in [1.54, 1.807) is 6.92 Å². The number of carboxylic acid groups (broad SMARTS) is 2. The molecular weight excluding hydrogens is 404 g/mol. The van der Waals surface area contributed by atoms with Gasteiger partial charge >= 0.3 is 11.9 Å². The van der Waals surface area contributed by atoms with Crippen molar-refractivity contribution in [1.82, 2.24) is 16.0 Å².